The van der Waals surface area contributed by atoms with E-state index in [0.717, 1.165) is 18.4 Å². The second-order valence-electron chi connectivity index (χ2n) is 8.60. The minimum atomic E-state index is -0.389. The average molecular weight is 462 g/mol. The van der Waals surface area contributed by atoms with E-state index >= 15 is 0 Å². The summed E-state index contributed by atoms with van der Waals surface area (Å²) in [5.74, 6) is -0.389. The molecule has 34 heavy (non-hydrogen) atoms. The second kappa shape index (κ2) is 9.22. The van der Waals surface area contributed by atoms with Gasteiger partial charge in [0.2, 0.25) is 0 Å². The Kier molecular flexibility index (Phi) is 5.97. The minimum absolute atomic E-state index is 0.0138. The number of imidazole rings is 1. The molecule has 0 aromatic carbocycles. The van der Waals surface area contributed by atoms with Crippen LogP contribution in [0.4, 0.5) is 0 Å². The molecule has 10 heteroatoms. The fourth-order valence-electron chi connectivity index (χ4n) is 4.42. The number of rotatable bonds is 7. The monoisotopic (exact) mass is 461 g/mol. The van der Waals surface area contributed by atoms with E-state index in [0.29, 0.717) is 49.3 Å². The predicted molar refractivity (Wildman–Crippen MR) is 126 cm³/mol. The molecule has 0 spiro atoms. The number of carbonyl (C=O) groups excluding carboxylic acids is 1. The van der Waals surface area contributed by atoms with E-state index in [1.807, 2.05) is 23.8 Å². The first-order chi connectivity index (χ1) is 16.5. The van der Waals surface area contributed by atoms with Gasteiger partial charge in [-0.1, -0.05) is 6.07 Å². The molecule has 5 rings (SSSR count). The molecule has 5 heterocycles. The zero-order valence-corrected chi connectivity index (χ0v) is 19.0. The summed E-state index contributed by atoms with van der Waals surface area (Å²) in [7, 11) is 0. The van der Waals surface area contributed by atoms with Crippen LogP contribution in [0.1, 0.15) is 35.2 Å². The molecule has 4 aromatic rings. The maximum Gasteiger partial charge on any atom is 0.267 e. The summed E-state index contributed by atoms with van der Waals surface area (Å²) in [6, 6.07) is 5.19. The van der Waals surface area contributed by atoms with Crippen LogP contribution in [0.5, 0.6) is 0 Å². The first kappa shape index (κ1) is 22.0. The van der Waals surface area contributed by atoms with E-state index < -0.39 is 0 Å². The number of aromatic nitrogens is 5. The van der Waals surface area contributed by atoms with Crippen molar-refractivity contribution in [1.29, 1.82) is 5.41 Å². The molecule has 0 unspecified atom stereocenters. The normalized spacial score (nSPS) is 15.9. The molecule has 4 aromatic heterocycles. The highest BCUT2D eigenvalue weighted by Crippen LogP contribution is 2.14. The van der Waals surface area contributed by atoms with Gasteiger partial charge >= 0.3 is 0 Å². The first-order valence-electron chi connectivity index (χ1n) is 11.5. The number of pyridine rings is 2. The fourth-order valence-corrected chi connectivity index (χ4v) is 4.42. The summed E-state index contributed by atoms with van der Waals surface area (Å²) in [5, 5.41) is 12.0. The summed E-state index contributed by atoms with van der Waals surface area (Å²) in [6.07, 6.45) is 9.55. The quantitative estimate of drug-likeness (QED) is 0.406. The molecule has 1 aliphatic heterocycles. The Bertz CT molecular complexity index is 1460. The van der Waals surface area contributed by atoms with Gasteiger partial charge in [-0.25, -0.2) is 9.97 Å². The molecule has 0 saturated carbocycles. The smallest absolute Gasteiger partial charge is 0.267 e. The Morgan fingerprint density at radius 2 is 2.18 bits per heavy atom. The molecule has 1 fully saturated rings. The number of hydrogen-bond acceptors (Lipinski definition) is 6. The average Bonchev–Trinajstić information content (AvgIpc) is 3.54. The number of carbonyl (C=O) groups is 1. The van der Waals surface area contributed by atoms with Gasteiger partial charge in [0.05, 0.1) is 23.4 Å². The lowest BCUT2D eigenvalue weighted by atomic mass is 10.1. The molecular formula is C24H27N7O3. The van der Waals surface area contributed by atoms with Crippen LogP contribution in [0.15, 0.2) is 47.9 Å². The third-order valence-corrected chi connectivity index (χ3v) is 6.25. The van der Waals surface area contributed by atoms with Crippen molar-refractivity contribution >= 4 is 22.6 Å². The fraction of sp³-hybridized carbons (Fsp3) is 0.375. The molecule has 10 nitrogen and oxygen atoms in total. The molecule has 2 N–H and O–H groups in total. The van der Waals surface area contributed by atoms with Crippen molar-refractivity contribution in [2.75, 3.05) is 13.2 Å². The van der Waals surface area contributed by atoms with Gasteiger partial charge in [0.25, 0.3) is 11.5 Å². The van der Waals surface area contributed by atoms with Crippen molar-refractivity contribution in [2.45, 2.75) is 45.4 Å². The van der Waals surface area contributed by atoms with Gasteiger partial charge in [-0.15, -0.1) is 0 Å². The van der Waals surface area contributed by atoms with Crippen molar-refractivity contribution in [3.63, 3.8) is 0 Å². The Morgan fingerprint density at radius 3 is 2.94 bits per heavy atom. The zero-order valence-electron chi connectivity index (χ0n) is 19.0. The SMILES string of the molecule is Cc1cccn2c(=O)c3cc(C(=O)NC[C@@H]4CCCO4)c(=N)n(CCCn4ccnc4)c3nc12. The van der Waals surface area contributed by atoms with Crippen LogP contribution in [0.25, 0.3) is 16.7 Å². The van der Waals surface area contributed by atoms with E-state index in [4.69, 9.17) is 15.1 Å². The summed E-state index contributed by atoms with van der Waals surface area (Å²) >= 11 is 0. The van der Waals surface area contributed by atoms with Crippen LogP contribution in [0.3, 0.4) is 0 Å². The van der Waals surface area contributed by atoms with Gasteiger partial charge in [-0.3, -0.25) is 19.4 Å². The van der Waals surface area contributed by atoms with Crippen LogP contribution < -0.4 is 16.4 Å². The Morgan fingerprint density at radius 1 is 1.29 bits per heavy atom. The van der Waals surface area contributed by atoms with Gasteiger partial charge in [-0.2, -0.15) is 0 Å². The van der Waals surface area contributed by atoms with Crippen LogP contribution in [0.2, 0.25) is 0 Å². The summed E-state index contributed by atoms with van der Waals surface area (Å²) in [5.41, 5.74) is 1.73. The van der Waals surface area contributed by atoms with Crippen molar-refractivity contribution in [1.82, 2.24) is 28.8 Å². The van der Waals surface area contributed by atoms with Crippen molar-refractivity contribution < 1.29 is 9.53 Å². The highest BCUT2D eigenvalue weighted by molar-refractivity contribution is 5.96. The van der Waals surface area contributed by atoms with Crippen molar-refractivity contribution in [2.24, 2.45) is 0 Å². The van der Waals surface area contributed by atoms with E-state index in [2.05, 4.69) is 10.3 Å². The van der Waals surface area contributed by atoms with Gasteiger partial charge in [-0.05, 0) is 43.9 Å². The molecule has 0 aliphatic carbocycles. The third-order valence-electron chi connectivity index (χ3n) is 6.25. The predicted octanol–water partition coefficient (Wildman–Crippen LogP) is 1.63. The van der Waals surface area contributed by atoms with E-state index in [1.54, 1.807) is 29.4 Å². The largest absolute Gasteiger partial charge is 0.376 e. The molecule has 0 bridgehead atoms. The first-order valence-corrected chi connectivity index (χ1v) is 11.5. The number of hydrogen-bond donors (Lipinski definition) is 2. The topological polar surface area (TPSA) is 119 Å². The van der Waals surface area contributed by atoms with Crippen molar-refractivity contribution in [3.05, 3.63) is 70.1 Å². The Balaban J connectivity index is 1.58. The lowest BCUT2D eigenvalue weighted by molar-refractivity contribution is 0.0855. The summed E-state index contributed by atoms with van der Waals surface area (Å²) in [4.78, 5) is 35.3. The number of nitrogens with zero attached hydrogens (tertiary/aromatic N) is 5. The molecule has 1 atom stereocenters. The molecule has 1 amide bonds. The summed E-state index contributed by atoms with van der Waals surface area (Å²) < 4.78 is 10.7. The lowest BCUT2D eigenvalue weighted by Crippen LogP contribution is -2.38. The number of fused-ring (bicyclic) bond motifs is 2. The standard InChI is InChI=1S/C24H27N7O3/c1-16-5-2-9-31-21(16)28-22-19(24(31)33)13-18(23(32)27-14-17-6-3-12-34-17)20(25)30(22)10-4-8-29-11-7-26-15-29/h2,5,7,9,11,13,15,17,25H,3-4,6,8,10,12,14H2,1H3,(H,27,32)/t17-/m0/s1. The second-order valence-corrected chi connectivity index (χ2v) is 8.60. The van der Waals surface area contributed by atoms with Crippen LogP contribution in [0, 0.1) is 12.3 Å². The van der Waals surface area contributed by atoms with Gasteiger partial charge < -0.3 is 19.2 Å². The zero-order chi connectivity index (χ0) is 23.7. The molecule has 1 saturated heterocycles. The Labute approximate surface area is 195 Å². The number of amides is 1. The van der Waals surface area contributed by atoms with Crippen molar-refractivity contribution in [3.8, 4) is 0 Å². The highest BCUT2D eigenvalue weighted by atomic mass is 16.5. The molecule has 1 aliphatic rings. The number of ether oxygens (including phenoxy) is 1. The van der Waals surface area contributed by atoms with E-state index in [-0.39, 0.29) is 28.6 Å². The maximum atomic E-state index is 13.4. The van der Waals surface area contributed by atoms with Crippen LogP contribution in [-0.2, 0) is 17.8 Å². The molecular weight excluding hydrogens is 434 g/mol. The lowest BCUT2D eigenvalue weighted by Gasteiger charge is -2.16. The number of aryl methyl sites for hydroxylation is 3. The van der Waals surface area contributed by atoms with Gasteiger partial charge in [0.1, 0.15) is 16.8 Å². The van der Waals surface area contributed by atoms with Crippen LogP contribution in [-0.4, -0.2) is 48.7 Å². The van der Waals surface area contributed by atoms with Gasteiger partial charge in [0.15, 0.2) is 0 Å². The Hall–Kier alpha value is -3.79. The van der Waals surface area contributed by atoms with Gasteiger partial charge in [0, 0.05) is 44.8 Å². The summed E-state index contributed by atoms with van der Waals surface area (Å²) in [6.45, 7) is 4.09. The minimum Gasteiger partial charge on any atom is -0.376 e. The molecule has 176 valence electrons. The molecule has 0 radical (unpaired) electrons. The maximum absolute atomic E-state index is 13.4. The number of nitrogens with one attached hydrogen (secondary N) is 2. The highest BCUT2D eigenvalue weighted by Gasteiger charge is 2.20. The van der Waals surface area contributed by atoms with E-state index in [9.17, 15) is 9.59 Å². The van der Waals surface area contributed by atoms with E-state index in [1.165, 1.54) is 10.5 Å². The third kappa shape index (κ3) is 4.12. The van der Waals surface area contributed by atoms with Crippen LogP contribution >= 0.6 is 0 Å².